The highest BCUT2D eigenvalue weighted by molar-refractivity contribution is 9.10. The molecule has 0 saturated heterocycles. The number of hydrogen-bond donors (Lipinski definition) is 2. The van der Waals surface area contributed by atoms with E-state index in [1.54, 1.807) is 42.5 Å². The number of amides is 2. The minimum absolute atomic E-state index is 0.250. The van der Waals surface area contributed by atoms with Crippen LogP contribution < -0.4 is 20.3 Å². The largest absolute Gasteiger partial charge is 0.490 e. The summed E-state index contributed by atoms with van der Waals surface area (Å²) in [5, 5.41) is 0. The van der Waals surface area contributed by atoms with E-state index in [2.05, 4.69) is 26.8 Å². The third kappa shape index (κ3) is 4.99. The van der Waals surface area contributed by atoms with E-state index in [9.17, 15) is 9.59 Å². The lowest BCUT2D eigenvalue weighted by atomic mass is 10.2. The molecule has 2 amide bonds. The minimum Gasteiger partial charge on any atom is -0.490 e. The lowest BCUT2D eigenvalue weighted by Crippen LogP contribution is -2.43. The van der Waals surface area contributed by atoms with Gasteiger partial charge in [-0.05, 0) is 47.1 Å². The molecule has 0 atom stereocenters. The Balaban J connectivity index is 1.84. The van der Waals surface area contributed by atoms with E-state index in [0.717, 1.165) is 0 Å². The molecule has 0 spiro atoms. The summed E-state index contributed by atoms with van der Waals surface area (Å²) in [5.74, 6) is 0.115. The summed E-state index contributed by atoms with van der Waals surface area (Å²) in [6.45, 7) is 2.11. The number of benzene rings is 2. The van der Waals surface area contributed by atoms with E-state index in [4.69, 9.17) is 9.47 Å². The summed E-state index contributed by atoms with van der Waals surface area (Å²) in [6.07, 6.45) is 0. The Kier molecular flexibility index (Phi) is 6.62. The molecule has 0 bridgehead atoms. The van der Waals surface area contributed by atoms with Crippen LogP contribution in [0.1, 0.15) is 17.3 Å². The van der Waals surface area contributed by atoms with Crippen LogP contribution in [0.2, 0.25) is 0 Å². The monoisotopic (exact) mass is 392 g/mol. The number of nitrogens with one attached hydrogen (secondary N) is 2. The van der Waals surface area contributed by atoms with Crippen LogP contribution in [-0.4, -0.2) is 25.0 Å². The molecule has 0 aliphatic heterocycles. The van der Waals surface area contributed by atoms with E-state index < -0.39 is 11.8 Å². The number of halogens is 1. The predicted octanol–water partition coefficient (Wildman–Crippen LogP) is 2.69. The van der Waals surface area contributed by atoms with Gasteiger partial charge in [-0.3, -0.25) is 20.4 Å². The summed E-state index contributed by atoms with van der Waals surface area (Å²) in [4.78, 5) is 23.8. The number of rotatable bonds is 6. The smallest absolute Gasteiger partial charge is 0.276 e. The molecule has 0 aliphatic rings. The van der Waals surface area contributed by atoms with Gasteiger partial charge in [-0.25, -0.2) is 0 Å². The number of ether oxygens (including phenoxy) is 2. The maximum atomic E-state index is 12.0. The van der Waals surface area contributed by atoms with Crippen LogP contribution in [0.5, 0.6) is 11.5 Å². The normalized spacial score (nSPS) is 9.92. The Bertz CT molecular complexity index is 721. The third-order valence-corrected chi connectivity index (χ3v) is 3.63. The predicted molar refractivity (Wildman–Crippen MR) is 92.9 cm³/mol. The highest BCUT2D eigenvalue weighted by atomic mass is 79.9. The first kappa shape index (κ1) is 17.8. The number of carbonyl (C=O) groups is 2. The molecule has 2 aromatic rings. The summed E-state index contributed by atoms with van der Waals surface area (Å²) in [6, 6.07) is 14.0. The molecule has 0 radical (unpaired) electrons. The van der Waals surface area contributed by atoms with Gasteiger partial charge in [0, 0.05) is 4.47 Å². The van der Waals surface area contributed by atoms with E-state index in [-0.39, 0.29) is 6.61 Å². The van der Waals surface area contributed by atoms with Gasteiger partial charge in [0.1, 0.15) is 0 Å². The van der Waals surface area contributed by atoms with E-state index in [0.29, 0.717) is 28.1 Å². The Labute approximate surface area is 148 Å². The molecule has 0 saturated carbocycles. The van der Waals surface area contributed by atoms with Crippen molar-refractivity contribution in [1.82, 2.24) is 10.9 Å². The summed E-state index contributed by atoms with van der Waals surface area (Å²) < 4.78 is 11.5. The molecule has 7 heteroatoms. The molecular weight excluding hydrogens is 376 g/mol. The van der Waals surface area contributed by atoms with Gasteiger partial charge in [-0.1, -0.05) is 24.3 Å². The van der Waals surface area contributed by atoms with Crippen LogP contribution in [0.25, 0.3) is 0 Å². The number of hydrazine groups is 1. The molecule has 0 unspecified atom stereocenters. The fraction of sp³-hybridized carbons (Fsp3) is 0.176. The fourth-order valence-electron chi connectivity index (χ4n) is 1.86. The molecule has 0 fully saturated rings. The van der Waals surface area contributed by atoms with Crippen molar-refractivity contribution in [2.45, 2.75) is 6.92 Å². The number of para-hydroxylation sites is 2. The summed E-state index contributed by atoms with van der Waals surface area (Å²) in [7, 11) is 0. The van der Waals surface area contributed by atoms with Crippen LogP contribution in [0.15, 0.2) is 53.0 Å². The van der Waals surface area contributed by atoms with Gasteiger partial charge in [-0.15, -0.1) is 0 Å². The lowest BCUT2D eigenvalue weighted by molar-refractivity contribution is -0.123. The first-order valence-electron chi connectivity index (χ1n) is 7.30. The van der Waals surface area contributed by atoms with Crippen LogP contribution in [0, 0.1) is 0 Å². The second kappa shape index (κ2) is 8.93. The molecule has 6 nitrogen and oxygen atoms in total. The van der Waals surface area contributed by atoms with Crippen molar-refractivity contribution in [2.24, 2.45) is 0 Å². The second-order valence-electron chi connectivity index (χ2n) is 4.65. The zero-order valence-corrected chi connectivity index (χ0v) is 14.6. The van der Waals surface area contributed by atoms with Gasteiger partial charge in [0.05, 0.1) is 12.2 Å². The minimum atomic E-state index is -0.485. The van der Waals surface area contributed by atoms with Gasteiger partial charge >= 0.3 is 0 Å². The quantitative estimate of drug-likeness (QED) is 0.740. The molecule has 0 heterocycles. The zero-order chi connectivity index (χ0) is 17.4. The topological polar surface area (TPSA) is 76.7 Å². The van der Waals surface area contributed by atoms with Crippen molar-refractivity contribution in [3.63, 3.8) is 0 Å². The first-order chi connectivity index (χ1) is 11.6. The van der Waals surface area contributed by atoms with Crippen molar-refractivity contribution in [3.8, 4) is 11.5 Å². The van der Waals surface area contributed by atoms with Crippen molar-refractivity contribution < 1.29 is 19.1 Å². The van der Waals surface area contributed by atoms with Crippen molar-refractivity contribution >= 4 is 27.7 Å². The number of carbonyl (C=O) groups excluding carboxylic acids is 2. The van der Waals surface area contributed by atoms with Gasteiger partial charge in [0.2, 0.25) is 0 Å². The van der Waals surface area contributed by atoms with Crippen LogP contribution >= 0.6 is 15.9 Å². The molecule has 0 aliphatic carbocycles. The second-order valence-corrected chi connectivity index (χ2v) is 5.50. The van der Waals surface area contributed by atoms with Crippen LogP contribution in [-0.2, 0) is 4.79 Å². The van der Waals surface area contributed by atoms with E-state index in [1.807, 2.05) is 13.0 Å². The highest BCUT2D eigenvalue weighted by Gasteiger charge is 2.11. The summed E-state index contributed by atoms with van der Waals surface area (Å²) in [5.41, 5.74) is 5.06. The van der Waals surface area contributed by atoms with Gasteiger partial charge in [0.25, 0.3) is 11.8 Å². The molecule has 2 rings (SSSR count). The molecule has 126 valence electrons. The van der Waals surface area contributed by atoms with Crippen LogP contribution in [0.3, 0.4) is 0 Å². The molecule has 2 aromatic carbocycles. The maximum absolute atomic E-state index is 12.0. The lowest BCUT2D eigenvalue weighted by Gasteiger charge is -2.12. The molecule has 2 N–H and O–H groups in total. The fourth-order valence-corrected chi connectivity index (χ4v) is 2.33. The number of hydrogen-bond acceptors (Lipinski definition) is 4. The van der Waals surface area contributed by atoms with E-state index >= 15 is 0 Å². The van der Waals surface area contributed by atoms with Crippen molar-refractivity contribution in [1.29, 1.82) is 0 Å². The van der Waals surface area contributed by atoms with E-state index in [1.165, 1.54) is 0 Å². The molecule has 0 aromatic heterocycles. The Morgan fingerprint density at radius 3 is 2.25 bits per heavy atom. The maximum Gasteiger partial charge on any atom is 0.276 e. The zero-order valence-electron chi connectivity index (χ0n) is 13.0. The Morgan fingerprint density at radius 2 is 1.58 bits per heavy atom. The SMILES string of the molecule is CCOc1ccccc1OCC(=O)NNC(=O)c1ccccc1Br. The van der Waals surface area contributed by atoms with Crippen molar-refractivity contribution in [3.05, 3.63) is 58.6 Å². The van der Waals surface area contributed by atoms with Gasteiger partial charge < -0.3 is 9.47 Å². The van der Waals surface area contributed by atoms with Crippen LogP contribution in [0.4, 0.5) is 0 Å². The van der Waals surface area contributed by atoms with Gasteiger partial charge in [-0.2, -0.15) is 0 Å². The average molecular weight is 393 g/mol. The Morgan fingerprint density at radius 1 is 0.958 bits per heavy atom. The van der Waals surface area contributed by atoms with Gasteiger partial charge in [0.15, 0.2) is 18.1 Å². The first-order valence-corrected chi connectivity index (χ1v) is 8.09. The third-order valence-electron chi connectivity index (χ3n) is 2.94. The molecular formula is C17H17BrN2O4. The standard InChI is InChI=1S/C17H17BrN2O4/c1-2-23-14-9-5-6-10-15(14)24-11-16(21)19-20-17(22)12-7-3-4-8-13(12)18/h3-10H,2,11H2,1H3,(H,19,21)(H,20,22). The Hall–Kier alpha value is -2.54. The van der Waals surface area contributed by atoms with Crippen molar-refractivity contribution in [2.75, 3.05) is 13.2 Å². The summed E-state index contributed by atoms with van der Waals surface area (Å²) >= 11 is 3.28. The average Bonchev–Trinajstić information content (AvgIpc) is 2.59. The highest BCUT2D eigenvalue weighted by Crippen LogP contribution is 2.26. The molecule has 24 heavy (non-hydrogen) atoms.